The van der Waals surface area contributed by atoms with E-state index >= 15 is 0 Å². The number of nitro benzene ring substituents is 1. The van der Waals surface area contributed by atoms with Crippen molar-refractivity contribution >= 4 is 17.3 Å². The molecule has 122 valence electrons. The third-order valence-corrected chi connectivity index (χ3v) is 3.20. The predicted molar refractivity (Wildman–Crippen MR) is 82.8 cm³/mol. The van der Waals surface area contributed by atoms with E-state index in [0.717, 1.165) is 6.07 Å². The number of nitrogens with zero attached hydrogens (tertiary/aromatic N) is 3. The van der Waals surface area contributed by atoms with E-state index in [1.165, 1.54) is 18.2 Å². The van der Waals surface area contributed by atoms with Crippen LogP contribution in [0.4, 0.5) is 11.4 Å². The first-order chi connectivity index (χ1) is 11.5. The van der Waals surface area contributed by atoms with Gasteiger partial charge in [-0.25, -0.2) is 0 Å². The molecule has 0 aliphatic rings. The van der Waals surface area contributed by atoms with Crippen molar-refractivity contribution in [3.63, 3.8) is 0 Å². The molecule has 0 fully saturated rings. The minimum absolute atomic E-state index is 0.0508. The number of aromatic nitrogens is 2. The lowest BCUT2D eigenvalue weighted by atomic mass is 10.2. The van der Waals surface area contributed by atoms with Crippen molar-refractivity contribution in [2.45, 2.75) is 6.54 Å². The fourth-order valence-electron chi connectivity index (χ4n) is 2.06. The molecule has 2 N–H and O–H groups in total. The van der Waals surface area contributed by atoms with E-state index in [4.69, 9.17) is 4.42 Å². The van der Waals surface area contributed by atoms with Crippen LogP contribution in [0.15, 0.2) is 53.2 Å². The van der Waals surface area contributed by atoms with Crippen LogP contribution in [0, 0.1) is 10.1 Å². The van der Waals surface area contributed by atoms with E-state index in [0.29, 0.717) is 12.3 Å². The lowest BCUT2D eigenvalue weighted by Gasteiger charge is -2.05. The monoisotopic (exact) mass is 328 g/mol. The fraction of sp³-hybridized carbons (Fsp3) is 0.0667. The molecule has 0 saturated heterocycles. The van der Waals surface area contributed by atoms with Crippen LogP contribution < -0.4 is 5.32 Å². The largest absolute Gasteiger partial charge is 0.506 e. The topological polar surface area (TPSA) is 123 Å². The number of benzene rings is 1. The highest BCUT2D eigenvalue weighted by Gasteiger charge is 2.16. The predicted octanol–water partition coefficient (Wildman–Crippen LogP) is 2.39. The van der Waals surface area contributed by atoms with E-state index in [1.54, 1.807) is 29.2 Å². The Balaban J connectivity index is 1.71. The summed E-state index contributed by atoms with van der Waals surface area (Å²) in [6, 6.07) is 8.30. The molecule has 1 amide bonds. The number of carbonyl (C=O) groups is 1. The van der Waals surface area contributed by atoms with Crippen molar-refractivity contribution in [2.24, 2.45) is 0 Å². The van der Waals surface area contributed by atoms with E-state index in [1.807, 2.05) is 0 Å². The van der Waals surface area contributed by atoms with Crippen LogP contribution in [-0.4, -0.2) is 25.7 Å². The first-order valence-corrected chi connectivity index (χ1v) is 6.88. The maximum absolute atomic E-state index is 12.1. The maximum Gasteiger partial charge on any atom is 0.291 e. The fourth-order valence-corrected chi connectivity index (χ4v) is 2.06. The summed E-state index contributed by atoms with van der Waals surface area (Å²) in [6.45, 7) is 0.378. The standard InChI is InChI=1S/C15H12N4O5/c20-13-8-10(19(22)23)2-4-12(13)17-15(21)14-5-3-11(24-14)9-18-7-1-6-16-18/h1-8,20H,9H2,(H,17,21). The van der Waals surface area contributed by atoms with E-state index in [9.17, 15) is 20.0 Å². The molecule has 0 unspecified atom stereocenters. The number of nitro groups is 1. The highest BCUT2D eigenvalue weighted by atomic mass is 16.6. The number of phenols is 1. The second-order valence-corrected chi connectivity index (χ2v) is 4.88. The first-order valence-electron chi connectivity index (χ1n) is 6.88. The van der Waals surface area contributed by atoms with Gasteiger partial charge in [-0.2, -0.15) is 5.10 Å². The highest BCUT2D eigenvalue weighted by Crippen LogP contribution is 2.28. The number of hydrogen-bond donors (Lipinski definition) is 2. The van der Waals surface area contributed by atoms with Gasteiger partial charge in [0.2, 0.25) is 0 Å². The minimum atomic E-state index is -0.639. The van der Waals surface area contributed by atoms with Crippen LogP contribution >= 0.6 is 0 Å². The average molecular weight is 328 g/mol. The summed E-state index contributed by atoms with van der Waals surface area (Å²) in [6.07, 6.45) is 3.39. The first kappa shape index (κ1) is 15.3. The Hall–Kier alpha value is -3.62. The van der Waals surface area contributed by atoms with Gasteiger partial charge in [-0.3, -0.25) is 19.6 Å². The summed E-state index contributed by atoms with van der Waals surface area (Å²) in [4.78, 5) is 22.1. The molecule has 0 atom stereocenters. The lowest BCUT2D eigenvalue weighted by Crippen LogP contribution is -2.11. The van der Waals surface area contributed by atoms with Crippen LogP contribution in [0.3, 0.4) is 0 Å². The average Bonchev–Trinajstić information content (AvgIpc) is 3.21. The normalized spacial score (nSPS) is 10.5. The van der Waals surface area contributed by atoms with Gasteiger partial charge >= 0.3 is 0 Å². The number of aromatic hydroxyl groups is 1. The van der Waals surface area contributed by atoms with Crippen LogP contribution in [0.2, 0.25) is 0 Å². The summed E-state index contributed by atoms with van der Waals surface area (Å²) in [5, 5.41) is 26.9. The molecule has 3 aromatic rings. The molecule has 2 aromatic heterocycles. The Morgan fingerprint density at radius 3 is 2.88 bits per heavy atom. The summed E-state index contributed by atoms with van der Waals surface area (Å²) >= 11 is 0. The van der Waals surface area contributed by atoms with Crippen molar-refractivity contribution in [2.75, 3.05) is 5.32 Å². The number of hydrogen-bond acceptors (Lipinski definition) is 6. The molecule has 0 bridgehead atoms. The molecular formula is C15H12N4O5. The van der Waals surface area contributed by atoms with Gasteiger partial charge in [0.1, 0.15) is 11.5 Å². The van der Waals surface area contributed by atoms with Crippen molar-refractivity contribution in [3.8, 4) is 5.75 Å². The number of non-ortho nitro benzene ring substituents is 1. The second kappa shape index (κ2) is 6.24. The molecule has 9 heteroatoms. The summed E-state index contributed by atoms with van der Waals surface area (Å²) in [5.74, 6) is -0.390. The number of amides is 1. The number of phenolic OH excluding ortho intramolecular Hbond substituents is 1. The highest BCUT2D eigenvalue weighted by molar-refractivity contribution is 6.03. The number of carbonyl (C=O) groups excluding carboxylic acids is 1. The van der Waals surface area contributed by atoms with Gasteiger partial charge in [-0.15, -0.1) is 0 Å². The van der Waals surface area contributed by atoms with Crippen molar-refractivity contribution in [3.05, 3.63) is 70.4 Å². The Morgan fingerprint density at radius 1 is 1.38 bits per heavy atom. The molecule has 0 spiro atoms. The van der Waals surface area contributed by atoms with Crippen molar-refractivity contribution in [1.29, 1.82) is 0 Å². The van der Waals surface area contributed by atoms with E-state index in [-0.39, 0.29) is 17.1 Å². The van der Waals surface area contributed by atoms with Gasteiger partial charge in [0.15, 0.2) is 5.76 Å². The molecule has 0 aliphatic carbocycles. The van der Waals surface area contributed by atoms with Gasteiger partial charge in [-0.05, 0) is 24.3 Å². The van der Waals surface area contributed by atoms with Crippen molar-refractivity contribution in [1.82, 2.24) is 9.78 Å². The SMILES string of the molecule is O=C(Nc1ccc([N+](=O)[O-])cc1O)c1ccc(Cn2cccn2)o1. The maximum atomic E-state index is 12.1. The summed E-state index contributed by atoms with van der Waals surface area (Å²) in [7, 11) is 0. The Labute approximate surface area is 135 Å². The molecule has 24 heavy (non-hydrogen) atoms. The van der Waals surface area contributed by atoms with Crippen LogP contribution in [0.25, 0.3) is 0 Å². The molecule has 0 radical (unpaired) electrons. The number of nitrogens with one attached hydrogen (secondary N) is 1. The number of rotatable bonds is 5. The molecular weight excluding hydrogens is 316 g/mol. The zero-order valence-electron chi connectivity index (χ0n) is 12.2. The minimum Gasteiger partial charge on any atom is -0.506 e. The van der Waals surface area contributed by atoms with Gasteiger partial charge in [0.25, 0.3) is 11.6 Å². The number of anilines is 1. The smallest absolute Gasteiger partial charge is 0.291 e. The van der Waals surface area contributed by atoms with Gasteiger partial charge in [0.05, 0.1) is 23.2 Å². The molecule has 2 heterocycles. The molecule has 1 aromatic carbocycles. The summed E-state index contributed by atoms with van der Waals surface area (Å²) < 4.78 is 7.07. The zero-order valence-corrected chi connectivity index (χ0v) is 12.2. The van der Waals surface area contributed by atoms with Crippen LogP contribution in [0.1, 0.15) is 16.3 Å². The molecule has 3 rings (SSSR count). The van der Waals surface area contributed by atoms with Gasteiger partial charge in [0, 0.05) is 18.5 Å². The van der Waals surface area contributed by atoms with Crippen LogP contribution in [0.5, 0.6) is 5.75 Å². The molecule has 0 saturated carbocycles. The lowest BCUT2D eigenvalue weighted by molar-refractivity contribution is -0.384. The third kappa shape index (κ3) is 3.24. The molecule has 0 aliphatic heterocycles. The van der Waals surface area contributed by atoms with E-state index in [2.05, 4.69) is 10.4 Å². The quantitative estimate of drug-likeness (QED) is 0.421. The van der Waals surface area contributed by atoms with Crippen molar-refractivity contribution < 1.29 is 19.2 Å². The second-order valence-electron chi connectivity index (χ2n) is 4.88. The Bertz CT molecular complexity index is 885. The third-order valence-electron chi connectivity index (χ3n) is 3.20. The van der Waals surface area contributed by atoms with E-state index < -0.39 is 16.6 Å². The van der Waals surface area contributed by atoms with Crippen LogP contribution in [-0.2, 0) is 6.54 Å². The van der Waals surface area contributed by atoms with Gasteiger partial charge in [-0.1, -0.05) is 0 Å². The molecule has 9 nitrogen and oxygen atoms in total. The Kier molecular flexibility index (Phi) is 3.98. The zero-order chi connectivity index (χ0) is 17.1. The number of furan rings is 1. The van der Waals surface area contributed by atoms with Gasteiger partial charge < -0.3 is 14.8 Å². The Morgan fingerprint density at radius 2 is 2.21 bits per heavy atom. The summed E-state index contributed by atoms with van der Waals surface area (Å²) in [5.41, 5.74) is -0.222.